The maximum atomic E-state index is 12.3. The van der Waals surface area contributed by atoms with Gasteiger partial charge in [0.05, 0.1) is 0 Å². The SMILES string of the molecule is CC(C)n1cc(Br)cc1C(=O)N[C@@H]1C=C[C@H](CO)C1. The Balaban J connectivity index is 2.07. The summed E-state index contributed by atoms with van der Waals surface area (Å²) >= 11 is 3.41. The van der Waals surface area contributed by atoms with Crippen LogP contribution < -0.4 is 5.32 Å². The highest BCUT2D eigenvalue weighted by Gasteiger charge is 2.22. The summed E-state index contributed by atoms with van der Waals surface area (Å²) in [7, 11) is 0. The van der Waals surface area contributed by atoms with E-state index in [0.29, 0.717) is 5.69 Å². The number of rotatable bonds is 4. The summed E-state index contributed by atoms with van der Waals surface area (Å²) < 4.78 is 2.85. The van der Waals surface area contributed by atoms with Gasteiger partial charge in [0.1, 0.15) is 5.69 Å². The second-order valence-corrected chi connectivity index (χ2v) is 6.10. The highest BCUT2D eigenvalue weighted by atomic mass is 79.9. The Hall–Kier alpha value is -1.07. The summed E-state index contributed by atoms with van der Waals surface area (Å²) in [6.45, 7) is 4.22. The van der Waals surface area contributed by atoms with Crippen molar-refractivity contribution in [3.63, 3.8) is 0 Å². The van der Waals surface area contributed by atoms with E-state index in [-0.39, 0.29) is 30.5 Å². The van der Waals surface area contributed by atoms with Gasteiger partial charge in [-0.15, -0.1) is 0 Å². The highest BCUT2D eigenvalue weighted by molar-refractivity contribution is 9.10. The molecule has 0 radical (unpaired) electrons. The van der Waals surface area contributed by atoms with E-state index in [1.54, 1.807) is 0 Å². The number of hydrogen-bond donors (Lipinski definition) is 2. The summed E-state index contributed by atoms with van der Waals surface area (Å²) in [5, 5.41) is 12.1. The second kappa shape index (κ2) is 5.92. The van der Waals surface area contributed by atoms with Gasteiger partial charge in [0, 0.05) is 35.3 Å². The molecule has 0 aromatic carbocycles. The number of aromatic nitrogens is 1. The quantitative estimate of drug-likeness (QED) is 0.835. The minimum Gasteiger partial charge on any atom is -0.396 e. The normalized spacial score (nSPS) is 22.2. The van der Waals surface area contributed by atoms with Crippen LogP contribution in [-0.4, -0.2) is 28.2 Å². The molecular weight excluding hydrogens is 308 g/mol. The van der Waals surface area contributed by atoms with E-state index in [1.165, 1.54) is 0 Å². The van der Waals surface area contributed by atoms with Crippen LogP contribution in [0.4, 0.5) is 0 Å². The van der Waals surface area contributed by atoms with Crippen molar-refractivity contribution in [3.05, 3.63) is 34.6 Å². The van der Waals surface area contributed by atoms with Gasteiger partial charge < -0.3 is 15.0 Å². The Morgan fingerprint density at radius 2 is 2.32 bits per heavy atom. The second-order valence-electron chi connectivity index (χ2n) is 5.19. The van der Waals surface area contributed by atoms with Gasteiger partial charge in [-0.05, 0) is 42.3 Å². The molecule has 0 fully saturated rings. The third kappa shape index (κ3) is 3.28. The van der Waals surface area contributed by atoms with Crippen molar-refractivity contribution in [1.29, 1.82) is 0 Å². The average molecular weight is 327 g/mol. The van der Waals surface area contributed by atoms with Crippen molar-refractivity contribution in [1.82, 2.24) is 9.88 Å². The molecule has 0 aliphatic heterocycles. The zero-order valence-electron chi connectivity index (χ0n) is 11.1. The standard InChI is InChI=1S/C14H19BrN2O2/c1-9(2)17-7-11(15)6-13(17)14(19)16-12-4-3-10(5-12)8-18/h3-4,6-7,9-10,12,18H,5,8H2,1-2H3,(H,16,19)/t10-,12+/m0/s1. The van der Waals surface area contributed by atoms with Crippen LogP contribution in [0.2, 0.25) is 0 Å². The first-order chi connectivity index (χ1) is 9.01. The molecule has 2 atom stereocenters. The Bertz CT molecular complexity index is 494. The molecule has 1 aromatic heterocycles. The lowest BCUT2D eigenvalue weighted by molar-refractivity contribution is 0.0930. The molecule has 1 heterocycles. The number of carbonyl (C=O) groups excluding carboxylic acids is 1. The van der Waals surface area contributed by atoms with Crippen molar-refractivity contribution in [2.75, 3.05) is 6.61 Å². The fourth-order valence-corrected chi connectivity index (χ4v) is 2.75. The van der Waals surface area contributed by atoms with Crippen LogP contribution in [0, 0.1) is 5.92 Å². The number of aliphatic hydroxyl groups is 1. The fourth-order valence-electron chi connectivity index (χ4n) is 2.31. The molecule has 2 N–H and O–H groups in total. The lowest BCUT2D eigenvalue weighted by Crippen LogP contribution is -2.34. The van der Waals surface area contributed by atoms with E-state index in [4.69, 9.17) is 5.11 Å². The van der Waals surface area contributed by atoms with Crippen LogP contribution in [-0.2, 0) is 0 Å². The Morgan fingerprint density at radius 1 is 1.58 bits per heavy atom. The fraction of sp³-hybridized carbons (Fsp3) is 0.500. The smallest absolute Gasteiger partial charge is 0.268 e. The number of hydrogen-bond acceptors (Lipinski definition) is 2. The summed E-state index contributed by atoms with van der Waals surface area (Å²) in [6, 6.07) is 2.08. The van der Waals surface area contributed by atoms with E-state index in [9.17, 15) is 4.79 Å². The molecule has 0 saturated carbocycles. The molecular formula is C14H19BrN2O2. The number of nitrogens with one attached hydrogen (secondary N) is 1. The van der Waals surface area contributed by atoms with Gasteiger partial charge in [0.15, 0.2) is 0 Å². The molecule has 1 aliphatic carbocycles. The van der Waals surface area contributed by atoms with E-state index in [2.05, 4.69) is 21.2 Å². The van der Waals surface area contributed by atoms with Gasteiger partial charge in [0.2, 0.25) is 0 Å². The Morgan fingerprint density at radius 3 is 2.89 bits per heavy atom. The van der Waals surface area contributed by atoms with Crippen LogP contribution in [0.3, 0.4) is 0 Å². The predicted octanol–water partition coefficient (Wildman–Crippen LogP) is 2.50. The number of carbonyl (C=O) groups is 1. The first kappa shape index (κ1) is 14.3. The van der Waals surface area contributed by atoms with Gasteiger partial charge in [-0.1, -0.05) is 12.2 Å². The molecule has 1 aromatic rings. The molecule has 0 unspecified atom stereocenters. The van der Waals surface area contributed by atoms with Crippen molar-refractivity contribution in [3.8, 4) is 0 Å². The molecule has 2 rings (SSSR count). The van der Waals surface area contributed by atoms with Crippen LogP contribution in [0.1, 0.15) is 36.8 Å². The highest BCUT2D eigenvalue weighted by Crippen LogP contribution is 2.21. The molecule has 1 aliphatic rings. The van der Waals surface area contributed by atoms with Crippen LogP contribution in [0.25, 0.3) is 0 Å². The lowest BCUT2D eigenvalue weighted by atomic mass is 10.1. The molecule has 104 valence electrons. The minimum atomic E-state index is -0.0763. The van der Waals surface area contributed by atoms with Crippen molar-refractivity contribution >= 4 is 21.8 Å². The van der Waals surface area contributed by atoms with Crippen LogP contribution in [0.5, 0.6) is 0 Å². The van der Waals surface area contributed by atoms with Gasteiger partial charge >= 0.3 is 0 Å². The molecule has 5 heteroatoms. The minimum absolute atomic E-state index is 0.0129. The van der Waals surface area contributed by atoms with Gasteiger partial charge in [-0.2, -0.15) is 0 Å². The number of amides is 1. The third-order valence-corrected chi connectivity index (χ3v) is 3.76. The monoisotopic (exact) mass is 326 g/mol. The Labute approximate surface area is 121 Å². The molecule has 0 saturated heterocycles. The van der Waals surface area contributed by atoms with Gasteiger partial charge in [-0.25, -0.2) is 0 Å². The van der Waals surface area contributed by atoms with Crippen molar-refractivity contribution in [2.45, 2.75) is 32.4 Å². The number of aliphatic hydroxyl groups excluding tert-OH is 1. The molecule has 4 nitrogen and oxygen atoms in total. The van der Waals surface area contributed by atoms with E-state index < -0.39 is 0 Å². The summed E-state index contributed by atoms with van der Waals surface area (Å²) in [5.41, 5.74) is 0.655. The maximum absolute atomic E-state index is 12.3. The molecule has 0 bridgehead atoms. The van der Waals surface area contributed by atoms with E-state index in [1.807, 2.05) is 42.8 Å². The summed E-state index contributed by atoms with van der Waals surface area (Å²) in [5.74, 6) is 0.0848. The number of halogens is 1. The summed E-state index contributed by atoms with van der Waals surface area (Å²) in [6.07, 6.45) is 6.60. The summed E-state index contributed by atoms with van der Waals surface area (Å²) in [4.78, 5) is 12.3. The largest absolute Gasteiger partial charge is 0.396 e. The van der Waals surface area contributed by atoms with E-state index in [0.717, 1.165) is 10.9 Å². The Kier molecular flexibility index (Phi) is 4.47. The topological polar surface area (TPSA) is 54.3 Å². The zero-order chi connectivity index (χ0) is 14.0. The third-order valence-electron chi connectivity index (χ3n) is 3.33. The lowest BCUT2D eigenvalue weighted by Gasteiger charge is -2.16. The predicted molar refractivity (Wildman–Crippen MR) is 78.1 cm³/mol. The molecule has 0 spiro atoms. The van der Waals surface area contributed by atoms with E-state index >= 15 is 0 Å². The molecule has 1 amide bonds. The first-order valence-electron chi connectivity index (χ1n) is 6.48. The van der Waals surface area contributed by atoms with Gasteiger partial charge in [-0.3, -0.25) is 4.79 Å². The number of nitrogens with zero attached hydrogens (tertiary/aromatic N) is 1. The van der Waals surface area contributed by atoms with Crippen LogP contribution >= 0.6 is 15.9 Å². The first-order valence-corrected chi connectivity index (χ1v) is 7.28. The maximum Gasteiger partial charge on any atom is 0.268 e. The van der Waals surface area contributed by atoms with Crippen molar-refractivity contribution < 1.29 is 9.90 Å². The van der Waals surface area contributed by atoms with Crippen molar-refractivity contribution in [2.24, 2.45) is 5.92 Å². The van der Waals surface area contributed by atoms with Crippen LogP contribution in [0.15, 0.2) is 28.9 Å². The average Bonchev–Trinajstić information content (AvgIpc) is 2.95. The van der Waals surface area contributed by atoms with Gasteiger partial charge in [0.25, 0.3) is 5.91 Å². The molecule has 19 heavy (non-hydrogen) atoms. The zero-order valence-corrected chi connectivity index (χ0v) is 12.7.